The Morgan fingerprint density at radius 2 is 1.70 bits per heavy atom. The molecular weight excluding hydrogens is 461 g/mol. The molecule has 0 saturated carbocycles. The number of likely N-dealkylation sites (tertiary alicyclic amines) is 1. The summed E-state index contributed by atoms with van der Waals surface area (Å²) in [4.78, 5) is 29.0. The van der Waals surface area contributed by atoms with Crippen LogP contribution in [0.1, 0.15) is 43.2 Å². The molecule has 33 heavy (non-hydrogen) atoms. The van der Waals surface area contributed by atoms with Gasteiger partial charge in [-0.3, -0.25) is 0 Å². The minimum absolute atomic E-state index is 0. The topological polar surface area (TPSA) is 70.1 Å². The minimum atomic E-state index is -4.52. The number of hydrogen-bond acceptors (Lipinski definition) is 5. The van der Waals surface area contributed by atoms with Gasteiger partial charge in [0.2, 0.25) is 0 Å². The number of carbonyl (C=O) groups excluding carboxylic acids is 1. The molecule has 0 spiro atoms. The van der Waals surface area contributed by atoms with Crippen molar-refractivity contribution in [3.8, 4) is 0 Å². The highest BCUT2D eigenvalue weighted by Crippen LogP contribution is 2.43. The van der Waals surface area contributed by atoms with E-state index in [4.69, 9.17) is 4.74 Å². The van der Waals surface area contributed by atoms with E-state index in [1.54, 1.807) is 18.9 Å². The number of nitrogens with zero attached hydrogens (tertiary/aromatic N) is 2. The number of carboxylic acid groups (broad SMARTS) is 1. The number of halogens is 4. The molecule has 1 fully saturated rings. The maximum atomic E-state index is 13.1. The van der Waals surface area contributed by atoms with E-state index < -0.39 is 29.6 Å². The summed E-state index contributed by atoms with van der Waals surface area (Å²) in [5.41, 5.74) is 0.601. The van der Waals surface area contributed by atoms with Crippen molar-refractivity contribution in [1.29, 1.82) is 0 Å². The van der Waals surface area contributed by atoms with E-state index >= 15 is 0 Å². The van der Waals surface area contributed by atoms with Crippen LogP contribution in [0.25, 0.3) is 0 Å². The maximum Gasteiger partial charge on any atom is 0.416 e. The second-order valence-corrected chi connectivity index (χ2v) is 8.07. The molecule has 0 aromatic heterocycles. The van der Waals surface area contributed by atoms with E-state index in [-0.39, 0.29) is 23.6 Å². The molecule has 0 aliphatic carbocycles. The van der Waals surface area contributed by atoms with E-state index in [1.165, 1.54) is 19.2 Å². The van der Waals surface area contributed by atoms with Crippen molar-refractivity contribution in [2.24, 2.45) is 0 Å². The van der Waals surface area contributed by atoms with Gasteiger partial charge in [-0.1, -0.05) is 12.1 Å². The Balaban J connectivity index is 0.00000385. The van der Waals surface area contributed by atoms with Gasteiger partial charge in [-0.2, -0.15) is 13.2 Å². The molecule has 6 nitrogen and oxygen atoms in total. The third-order valence-corrected chi connectivity index (χ3v) is 6.26. The van der Waals surface area contributed by atoms with Gasteiger partial charge in [-0.15, -0.1) is 12.4 Å². The van der Waals surface area contributed by atoms with E-state index in [0.717, 1.165) is 38.1 Å². The fourth-order valence-corrected chi connectivity index (χ4v) is 4.48. The van der Waals surface area contributed by atoms with Crippen molar-refractivity contribution in [3.05, 3.63) is 57.9 Å². The van der Waals surface area contributed by atoms with Crippen molar-refractivity contribution in [1.82, 2.24) is 9.80 Å². The second kappa shape index (κ2) is 10.6. The largest absolute Gasteiger partial charge is 0.478 e. The molecule has 2 aliphatic rings. The van der Waals surface area contributed by atoms with Crippen molar-refractivity contribution in [2.45, 2.75) is 38.3 Å². The first-order chi connectivity index (χ1) is 15.1. The summed E-state index contributed by atoms with van der Waals surface area (Å²) in [6.45, 7) is 4.25. The molecule has 3 rings (SSSR count). The lowest BCUT2D eigenvalue weighted by Gasteiger charge is -2.37. The molecule has 10 heteroatoms. The van der Waals surface area contributed by atoms with Crippen molar-refractivity contribution in [3.63, 3.8) is 0 Å². The average Bonchev–Trinajstić information content (AvgIpc) is 3.26. The molecule has 0 amide bonds. The molecule has 0 bridgehead atoms. The zero-order valence-corrected chi connectivity index (χ0v) is 19.6. The number of aliphatic carboxylic acids is 1. The third kappa shape index (κ3) is 5.52. The van der Waals surface area contributed by atoms with Crippen LogP contribution in [0.5, 0.6) is 0 Å². The van der Waals surface area contributed by atoms with Crippen molar-refractivity contribution >= 4 is 24.3 Å². The monoisotopic (exact) mass is 488 g/mol. The minimum Gasteiger partial charge on any atom is -0.478 e. The molecule has 182 valence electrons. The molecule has 2 heterocycles. The lowest BCUT2D eigenvalue weighted by Crippen LogP contribution is -2.35. The molecular formula is C23H28ClF3N2O4. The maximum absolute atomic E-state index is 13.1. The van der Waals surface area contributed by atoms with Crippen LogP contribution in [-0.4, -0.2) is 60.6 Å². The first kappa shape index (κ1) is 26.7. The van der Waals surface area contributed by atoms with Gasteiger partial charge in [-0.05, 0) is 50.6 Å². The summed E-state index contributed by atoms with van der Waals surface area (Å²) < 4.78 is 44.1. The van der Waals surface area contributed by atoms with E-state index in [2.05, 4.69) is 4.90 Å². The third-order valence-electron chi connectivity index (χ3n) is 6.26. The van der Waals surface area contributed by atoms with Gasteiger partial charge >= 0.3 is 18.1 Å². The van der Waals surface area contributed by atoms with Crippen LogP contribution in [-0.2, 0) is 20.5 Å². The van der Waals surface area contributed by atoms with Crippen LogP contribution in [0.15, 0.2) is 46.8 Å². The number of carboxylic acids is 1. The van der Waals surface area contributed by atoms with E-state index in [0.29, 0.717) is 29.9 Å². The Labute approximate surface area is 197 Å². The Hall–Kier alpha value is -2.52. The fraction of sp³-hybridized carbons (Fsp3) is 0.478. The summed E-state index contributed by atoms with van der Waals surface area (Å²) >= 11 is 0. The second-order valence-electron chi connectivity index (χ2n) is 8.07. The van der Waals surface area contributed by atoms with Gasteiger partial charge in [0.25, 0.3) is 0 Å². The smallest absolute Gasteiger partial charge is 0.416 e. The Bertz CT molecular complexity index is 951. The van der Waals surface area contributed by atoms with Crippen molar-refractivity contribution in [2.75, 3.05) is 33.8 Å². The Kier molecular flexibility index (Phi) is 8.59. The number of benzene rings is 1. The predicted molar refractivity (Wildman–Crippen MR) is 119 cm³/mol. The lowest BCUT2D eigenvalue weighted by molar-refractivity contribution is -0.138. The number of ether oxygens (including phenoxy) is 1. The van der Waals surface area contributed by atoms with Gasteiger partial charge in [0.1, 0.15) is 0 Å². The summed E-state index contributed by atoms with van der Waals surface area (Å²) in [6.07, 6.45) is -1.88. The zero-order chi connectivity index (χ0) is 23.6. The van der Waals surface area contributed by atoms with Crippen LogP contribution in [0, 0.1) is 0 Å². The molecule has 1 atom stereocenters. The van der Waals surface area contributed by atoms with Crippen LogP contribution < -0.4 is 0 Å². The van der Waals surface area contributed by atoms with Gasteiger partial charge in [0.05, 0.1) is 29.7 Å². The SMILES string of the molecule is COC(=O)C1=C(C)N(C)C(CCN2CCCC2)=C(C(=O)O)C1c1ccc(C(F)(F)F)cc1.Cl. The molecule has 1 aromatic rings. The number of esters is 1. The molecule has 1 unspecified atom stereocenters. The van der Waals surface area contributed by atoms with Gasteiger partial charge in [-0.25, -0.2) is 9.59 Å². The highest BCUT2D eigenvalue weighted by molar-refractivity contribution is 5.99. The van der Waals surface area contributed by atoms with E-state index in [1.807, 2.05) is 0 Å². The quantitative estimate of drug-likeness (QED) is 0.597. The number of alkyl halides is 3. The predicted octanol–water partition coefficient (Wildman–Crippen LogP) is 4.43. The Morgan fingerprint density at radius 1 is 1.12 bits per heavy atom. The standard InChI is InChI=1S/C23H27F3N2O4.ClH/c1-14-18(22(31)32-3)19(15-6-8-16(9-7-15)23(24,25)26)20(21(29)30)17(27(14)2)10-13-28-11-4-5-12-28;/h6-9,19H,4-5,10-13H2,1-3H3,(H,29,30);1H. The molecule has 2 aliphatic heterocycles. The summed E-state index contributed by atoms with van der Waals surface area (Å²) in [5, 5.41) is 10.1. The Morgan fingerprint density at radius 3 is 2.18 bits per heavy atom. The lowest BCUT2D eigenvalue weighted by atomic mass is 9.79. The molecule has 1 N–H and O–H groups in total. The molecule has 1 aromatic carbocycles. The highest BCUT2D eigenvalue weighted by atomic mass is 35.5. The van der Waals surface area contributed by atoms with Gasteiger partial charge < -0.3 is 19.6 Å². The summed E-state index contributed by atoms with van der Waals surface area (Å²) in [6, 6.07) is 4.27. The summed E-state index contributed by atoms with van der Waals surface area (Å²) in [7, 11) is 2.89. The zero-order valence-electron chi connectivity index (χ0n) is 18.7. The average molecular weight is 489 g/mol. The number of methoxy groups -OCH3 is 1. The highest BCUT2D eigenvalue weighted by Gasteiger charge is 2.40. The summed E-state index contributed by atoms with van der Waals surface area (Å²) in [5.74, 6) is -2.96. The number of hydrogen-bond donors (Lipinski definition) is 1. The first-order valence-electron chi connectivity index (χ1n) is 10.4. The van der Waals surface area contributed by atoms with Crippen molar-refractivity contribution < 1.29 is 32.6 Å². The first-order valence-corrected chi connectivity index (χ1v) is 10.4. The van der Waals surface area contributed by atoms with Gasteiger partial charge in [0, 0.05) is 31.4 Å². The van der Waals surface area contributed by atoms with E-state index in [9.17, 15) is 27.9 Å². The normalized spacial score (nSPS) is 19.6. The molecule has 1 saturated heterocycles. The van der Waals surface area contributed by atoms with Crippen LogP contribution in [0.4, 0.5) is 13.2 Å². The number of allylic oxidation sites excluding steroid dienone is 1. The van der Waals surface area contributed by atoms with Crippen LogP contribution >= 0.6 is 12.4 Å². The number of rotatable bonds is 6. The number of carbonyl (C=O) groups is 2. The fourth-order valence-electron chi connectivity index (χ4n) is 4.48. The van der Waals surface area contributed by atoms with Crippen LogP contribution in [0.3, 0.4) is 0 Å². The van der Waals surface area contributed by atoms with Gasteiger partial charge in [0.15, 0.2) is 0 Å². The molecule has 0 radical (unpaired) electrons. The van der Waals surface area contributed by atoms with Crippen LogP contribution in [0.2, 0.25) is 0 Å².